The number of carbonyl (C=O) groups is 2. The van der Waals surface area contributed by atoms with E-state index in [0.29, 0.717) is 12.3 Å². The van der Waals surface area contributed by atoms with E-state index in [1.54, 1.807) is 14.2 Å². The van der Waals surface area contributed by atoms with Gasteiger partial charge in [0, 0.05) is 18.5 Å². The Bertz CT molecular complexity index is 776. The standard InChI is InChI=1S/C22H31N3O4/c1-28-19-12-17-9-11-25(14-18(17)13-20(19)29-2)15-21(26)24-22(27)23-10-8-16-6-4-3-5-7-16/h6,12-13H,3-5,7-11,14-15H2,1-2H3,(H2,23,24,26,27)/p+1. The number of benzene rings is 1. The Morgan fingerprint density at radius 2 is 1.83 bits per heavy atom. The Morgan fingerprint density at radius 1 is 1.07 bits per heavy atom. The second-order valence-electron chi connectivity index (χ2n) is 7.74. The van der Waals surface area contributed by atoms with Crippen molar-refractivity contribution in [2.24, 2.45) is 0 Å². The normalized spacial score (nSPS) is 18.3. The summed E-state index contributed by atoms with van der Waals surface area (Å²) in [6, 6.07) is 3.59. The van der Waals surface area contributed by atoms with E-state index in [-0.39, 0.29) is 12.5 Å². The Kier molecular flexibility index (Phi) is 7.52. The van der Waals surface area contributed by atoms with Crippen LogP contribution in [-0.4, -0.2) is 45.8 Å². The van der Waals surface area contributed by atoms with Crippen molar-refractivity contribution in [2.45, 2.75) is 45.1 Å². The first-order valence-electron chi connectivity index (χ1n) is 10.4. The fraction of sp³-hybridized carbons (Fsp3) is 0.545. The second kappa shape index (κ2) is 10.3. The third kappa shape index (κ3) is 5.97. The molecule has 0 radical (unpaired) electrons. The molecule has 3 N–H and O–H groups in total. The van der Waals surface area contributed by atoms with Crippen molar-refractivity contribution in [3.05, 3.63) is 34.9 Å². The van der Waals surface area contributed by atoms with E-state index in [9.17, 15) is 9.59 Å². The third-order valence-corrected chi connectivity index (χ3v) is 5.67. The minimum Gasteiger partial charge on any atom is -0.493 e. The van der Waals surface area contributed by atoms with E-state index in [4.69, 9.17) is 9.47 Å². The molecule has 2 aliphatic rings. The second-order valence-corrected chi connectivity index (χ2v) is 7.74. The Labute approximate surface area is 172 Å². The molecule has 7 heteroatoms. The molecular weight excluding hydrogens is 370 g/mol. The largest absolute Gasteiger partial charge is 0.493 e. The van der Waals surface area contributed by atoms with Gasteiger partial charge in [-0.1, -0.05) is 11.6 Å². The monoisotopic (exact) mass is 402 g/mol. The lowest BCUT2D eigenvalue weighted by Gasteiger charge is -2.26. The molecule has 1 aromatic rings. The Balaban J connectivity index is 1.44. The molecule has 1 aliphatic heterocycles. The molecule has 29 heavy (non-hydrogen) atoms. The summed E-state index contributed by atoms with van der Waals surface area (Å²) in [5.41, 5.74) is 3.79. The zero-order valence-electron chi connectivity index (χ0n) is 17.4. The SMILES string of the molecule is COc1cc2c(cc1OC)C[NH+](CC(=O)NC(=O)NCCC1=CCCCC1)CC2. The predicted molar refractivity (Wildman–Crippen MR) is 110 cm³/mol. The molecule has 3 rings (SSSR count). The summed E-state index contributed by atoms with van der Waals surface area (Å²) in [4.78, 5) is 25.4. The van der Waals surface area contributed by atoms with Crippen LogP contribution in [0.5, 0.6) is 11.5 Å². The lowest BCUT2D eigenvalue weighted by molar-refractivity contribution is -0.908. The van der Waals surface area contributed by atoms with Crippen LogP contribution in [0.2, 0.25) is 0 Å². The number of fused-ring (bicyclic) bond motifs is 1. The van der Waals surface area contributed by atoms with Gasteiger partial charge in [-0.3, -0.25) is 10.1 Å². The smallest absolute Gasteiger partial charge is 0.321 e. The van der Waals surface area contributed by atoms with Crippen molar-refractivity contribution < 1.29 is 24.0 Å². The van der Waals surface area contributed by atoms with Crippen molar-refractivity contribution >= 4 is 11.9 Å². The summed E-state index contributed by atoms with van der Waals surface area (Å²) >= 11 is 0. The lowest BCUT2D eigenvalue weighted by Crippen LogP contribution is -3.13. The fourth-order valence-corrected chi connectivity index (χ4v) is 4.09. The zero-order chi connectivity index (χ0) is 20.6. The maximum Gasteiger partial charge on any atom is 0.321 e. The summed E-state index contributed by atoms with van der Waals surface area (Å²) in [5.74, 6) is 1.18. The highest BCUT2D eigenvalue weighted by Crippen LogP contribution is 2.31. The van der Waals surface area contributed by atoms with Crippen molar-refractivity contribution in [1.29, 1.82) is 0 Å². The first kappa shape index (κ1) is 21.2. The van der Waals surface area contributed by atoms with Gasteiger partial charge in [-0.25, -0.2) is 4.79 Å². The van der Waals surface area contributed by atoms with Crippen LogP contribution >= 0.6 is 0 Å². The van der Waals surface area contributed by atoms with Crippen LogP contribution in [0, 0.1) is 0 Å². The Morgan fingerprint density at radius 3 is 2.52 bits per heavy atom. The third-order valence-electron chi connectivity index (χ3n) is 5.67. The molecule has 0 fully saturated rings. The fourth-order valence-electron chi connectivity index (χ4n) is 4.09. The number of urea groups is 1. The number of carbonyl (C=O) groups excluding carboxylic acids is 2. The number of rotatable bonds is 7. The molecule has 0 aromatic heterocycles. The van der Waals surface area contributed by atoms with Gasteiger partial charge in [0.05, 0.1) is 20.8 Å². The van der Waals surface area contributed by atoms with Gasteiger partial charge in [0.15, 0.2) is 18.0 Å². The van der Waals surface area contributed by atoms with Gasteiger partial charge in [-0.15, -0.1) is 0 Å². The summed E-state index contributed by atoms with van der Waals surface area (Å²) in [5, 5.41) is 5.25. The summed E-state index contributed by atoms with van der Waals surface area (Å²) in [6.07, 6.45) is 8.75. The van der Waals surface area contributed by atoms with Crippen LogP contribution in [0.4, 0.5) is 4.79 Å². The van der Waals surface area contributed by atoms with E-state index >= 15 is 0 Å². The number of imide groups is 1. The zero-order valence-corrected chi connectivity index (χ0v) is 17.4. The number of ether oxygens (including phenoxy) is 2. The molecule has 0 spiro atoms. The molecule has 3 amide bonds. The number of nitrogens with one attached hydrogen (secondary N) is 3. The highest BCUT2D eigenvalue weighted by Gasteiger charge is 2.24. The summed E-state index contributed by atoms with van der Waals surface area (Å²) in [7, 11) is 3.25. The quantitative estimate of drug-likeness (QED) is 0.602. The van der Waals surface area contributed by atoms with Crippen molar-refractivity contribution in [1.82, 2.24) is 10.6 Å². The molecule has 1 unspecified atom stereocenters. The maximum atomic E-state index is 12.3. The van der Waals surface area contributed by atoms with E-state index in [2.05, 4.69) is 16.7 Å². The van der Waals surface area contributed by atoms with Crippen LogP contribution in [0.3, 0.4) is 0 Å². The Hall–Kier alpha value is -2.54. The molecule has 1 heterocycles. The topological polar surface area (TPSA) is 81.1 Å². The molecule has 1 atom stereocenters. The number of hydrogen-bond donors (Lipinski definition) is 3. The van der Waals surface area contributed by atoms with Crippen LogP contribution < -0.4 is 25.0 Å². The van der Waals surface area contributed by atoms with Crippen molar-refractivity contribution in [3.8, 4) is 11.5 Å². The average molecular weight is 403 g/mol. The number of allylic oxidation sites excluding steroid dienone is 1. The van der Waals surface area contributed by atoms with Gasteiger partial charge in [0.2, 0.25) is 0 Å². The van der Waals surface area contributed by atoms with E-state index < -0.39 is 6.03 Å². The van der Waals surface area contributed by atoms with Crippen LogP contribution in [0.15, 0.2) is 23.8 Å². The van der Waals surface area contributed by atoms with Crippen molar-refractivity contribution in [2.75, 3.05) is 33.9 Å². The van der Waals surface area contributed by atoms with Crippen molar-refractivity contribution in [3.63, 3.8) is 0 Å². The first-order valence-corrected chi connectivity index (χ1v) is 10.4. The van der Waals surface area contributed by atoms with Gasteiger partial charge in [-0.2, -0.15) is 0 Å². The summed E-state index contributed by atoms with van der Waals surface area (Å²) in [6.45, 7) is 2.40. The van der Waals surface area contributed by atoms with Gasteiger partial charge < -0.3 is 19.7 Å². The molecule has 1 aromatic carbocycles. The van der Waals surface area contributed by atoms with Crippen LogP contribution in [0.25, 0.3) is 0 Å². The van der Waals surface area contributed by atoms with Crippen LogP contribution in [0.1, 0.15) is 43.2 Å². The molecule has 1 aliphatic carbocycles. The first-order chi connectivity index (χ1) is 14.1. The molecule has 158 valence electrons. The van der Waals surface area contributed by atoms with E-state index in [1.165, 1.54) is 24.0 Å². The molecule has 0 saturated heterocycles. The maximum absolute atomic E-state index is 12.3. The van der Waals surface area contributed by atoms with Gasteiger partial charge >= 0.3 is 6.03 Å². The van der Waals surface area contributed by atoms with E-state index in [1.807, 2.05) is 12.1 Å². The number of amides is 3. The van der Waals surface area contributed by atoms with Gasteiger partial charge in [0.25, 0.3) is 5.91 Å². The van der Waals surface area contributed by atoms with E-state index in [0.717, 1.165) is 55.0 Å². The predicted octanol–water partition coefficient (Wildman–Crippen LogP) is 1.36. The molecular formula is C22H32N3O4+. The lowest BCUT2D eigenvalue weighted by atomic mass is 9.97. The minimum atomic E-state index is -0.408. The highest BCUT2D eigenvalue weighted by atomic mass is 16.5. The number of quaternary nitrogens is 1. The van der Waals surface area contributed by atoms with Crippen LogP contribution in [-0.2, 0) is 17.8 Å². The number of hydrogen-bond acceptors (Lipinski definition) is 4. The number of methoxy groups -OCH3 is 2. The highest BCUT2D eigenvalue weighted by molar-refractivity contribution is 5.94. The molecule has 7 nitrogen and oxygen atoms in total. The minimum absolute atomic E-state index is 0.252. The molecule has 0 bridgehead atoms. The van der Waals surface area contributed by atoms with Gasteiger partial charge in [0.1, 0.15) is 6.54 Å². The summed E-state index contributed by atoms with van der Waals surface area (Å²) < 4.78 is 10.7. The van der Waals surface area contributed by atoms with Gasteiger partial charge in [-0.05, 0) is 49.8 Å². The molecule has 0 saturated carbocycles. The average Bonchev–Trinajstić information content (AvgIpc) is 2.73.